The van der Waals surface area contributed by atoms with Crippen molar-refractivity contribution in [3.8, 4) is 5.88 Å². The van der Waals surface area contributed by atoms with E-state index in [1.54, 1.807) is 18.3 Å². The number of primary amides is 1. The lowest BCUT2D eigenvalue weighted by Gasteiger charge is -2.36. The SMILES string of the molecule is CC(C)(C)[Si](C)(C)Oc1ncc(C2CCC(c3cccc(C(F)(F)F)c3)CC2)cc1C(N)=O. The van der Waals surface area contributed by atoms with E-state index in [9.17, 15) is 18.0 Å². The van der Waals surface area contributed by atoms with E-state index in [0.717, 1.165) is 42.9 Å². The van der Waals surface area contributed by atoms with Crippen LogP contribution in [0.4, 0.5) is 13.2 Å². The fraction of sp³-hybridized carbons (Fsp3) is 0.520. The van der Waals surface area contributed by atoms with Crippen molar-refractivity contribution in [2.24, 2.45) is 5.73 Å². The van der Waals surface area contributed by atoms with Crippen molar-refractivity contribution in [3.05, 3.63) is 58.8 Å². The molecule has 0 aliphatic heterocycles. The molecule has 0 saturated heterocycles. The number of benzene rings is 1. The van der Waals surface area contributed by atoms with Crippen LogP contribution in [0.5, 0.6) is 5.88 Å². The number of nitrogens with two attached hydrogens (primary N) is 1. The molecule has 1 heterocycles. The molecule has 0 unspecified atom stereocenters. The van der Waals surface area contributed by atoms with Crippen LogP contribution < -0.4 is 10.2 Å². The van der Waals surface area contributed by atoms with Gasteiger partial charge in [0.2, 0.25) is 5.88 Å². The number of hydrogen-bond donors (Lipinski definition) is 1. The number of halogens is 3. The van der Waals surface area contributed by atoms with Gasteiger partial charge in [-0.2, -0.15) is 13.2 Å². The molecule has 0 bridgehead atoms. The number of rotatable bonds is 5. The van der Waals surface area contributed by atoms with Crippen molar-refractivity contribution in [2.75, 3.05) is 0 Å². The Hall–Kier alpha value is -2.35. The third-order valence-corrected chi connectivity index (χ3v) is 11.5. The molecule has 0 atom stereocenters. The van der Waals surface area contributed by atoms with Crippen molar-refractivity contribution >= 4 is 14.2 Å². The molecule has 1 aliphatic rings. The molecule has 8 heteroatoms. The number of pyridine rings is 1. The van der Waals surface area contributed by atoms with Crippen molar-refractivity contribution in [1.82, 2.24) is 4.98 Å². The summed E-state index contributed by atoms with van der Waals surface area (Å²) in [6.45, 7) is 10.5. The van der Waals surface area contributed by atoms with Crippen LogP contribution in [0.3, 0.4) is 0 Å². The highest BCUT2D eigenvalue weighted by Crippen LogP contribution is 2.43. The van der Waals surface area contributed by atoms with E-state index in [0.29, 0.717) is 0 Å². The summed E-state index contributed by atoms with van der Waals surface area (Å²) in [5.74, 6) is -0.0147. The first-order valence-corrected chi connectivity index (χ1v) is 14.3. The quantitative estimate of drug-likeness (QED) is 0.469. The molecule has 33 heavy (non-hydrogen) atoms. The summed E-state index contributed by atoms with van der Waals surface area (Å²) >= 11 is 0. The van der Waals surface area contributed by atoms with Crippen LogP contribution >= 0.6 is 0 Å². The minimum atomic E-state index is -4.34. The zero-order valence-corrected chi connectivity index (χ0v) is 20.9. The van der Waals surface area contributed by atoms with E-state index >= 15 is 0 Å². The monoisotopic (exact) mass is 478 g/mol. The first-order chi connectivity index (χ1) is 15.2. The normalized spacial score (nSPS) is 19.9. The molecule has 180 valence electrons. The van der Waals surface area contributed by atoms with Gasteiger partial charge in [-0.3, -0.25) is 4.79 Å². The van der Waals surface area contributed by atoms with Crippen molar-refractivity contribution < 1.29 is 22.4 Å². The van der Waals surface area contributed by atoms with Crippen LogP contribution in [0.2, 0.25) is 18.1 Å². The summed E-state index contributed by atoms with van der Waals surface area (Å²) in [5.41, 5.74) is 7.00. The molecule has 1 saturated carbocycles. The van der Waals surface area contributed by atoms with Gasteiger partial charge >= 0.3 is 6.18 Å². The Labute approximate surface area is 194 Å². The van der Waals surface area contributed by atoms with Crippen LogP contribution in [-0.2, 0) is 6.18 Å². The Balaban J connectivity index is 1.75. The molecule has 1 aromatic carbocycles. The number of alkyl halides is 3. The van der Waals surface area contributed by atoms with E-state index < -0.39 is 26.0 Å². The first-order valence-electron chi connectivity index (χ1n) is 11.3. The van der Waals surface area contributed by atoms with Gasteiger partial charge in [0.1, 0.15) is 5.56 Å². The van der Waals surface area contributed by atoms with Gasteiger partial charge < -0.3 is 10.2 Å². The highest BCUT2D eigenvalue weighted by Gasteiger charge is 2.40. The molecule has 1 aliphatic carbocycles. The maximum Gasteiger partial charge on any atom is 0.416 e. The van der Waals surface area contributed by atoms with E-state index in [1.807, 2.05) is 0 Å². The van der Waals surface area contributed by atoms with Gasteiger partial charge in [-0.1, -0.05) is 39.0 Å². The fourth-order valence-corrected chi connectivity index (χ4v) is 5.03. The van der Waals surface area contributed by atoms with Gasteiger partial charge in [0.25, 0.3) is 14.2 Å². The minimum Gasteiger partial charge on any atom is -0.530 e. The molecule has 2 N–H and O–H groups in total. The molecule has 3 rings (SSSR count). The maximum atomic E-state index is 13.1. The average molecular weight is 479 g/mol. The second-order valence-corrected chi connectivity index (χ2v) is 15.2. The second-order valence-electron chi connectivity index (χ2n) is 10.5. The van der Waals surface area contributed by atoms with Gasteiger partial charge in [-0.25, -0.2) is 4.98 Å². The molecular weight excluding hydrogens is 445 g/mol. The van der Waals surface area contributed by atoms with Gasteiger partial charge in [0, 0.05) is 6.20 Å². The highest BCUT2D eigenvalue weighted by atomic mass is 28.4. The lowest BCUT2D eigenvalue weighted by atomic mass is 9.76. The summed E-state index contributed by atoms with van der Waals surface area (Å²) in [6, 6.07) is 7.42. The molecule has 0 radical (unpaired) electrons. The molecule has 1 fully saturated rings. The molecule has 4 nitrogen and oxygen atoms in total. The summed E-state index contributed by atoms with van der Waals surface area (Å²) < 4.78 is 45.5. The van der Waals surface area contributed by atoms with Crippen LogP contribution in [0, 0.1) is 0 Å². The molecule has 0 spiro atoms. The van der Waals surface area contributed by atoms with E-state index in [4.69, 9.17) is 10.2 Å². The third-order valence-electron chi connectivity index (χ3n) is 7.18. The molecule has 2 aromatic rings. The fourth-order valence-electron chi connectivity index (χ4n) is 4.07. The Morgan fingerprint density at radius 1 is 1.03 bits per heavy atom. The minimum absolute atomic E-state index is 0.0515. The van der Waals surface area contributed by atoms with Crippen LogP contribution in [0.25, 0.3) is 0 Å². The molecular formula is C25H33F3N2O2Si. The van der Waals surface area contributed by atoms with Crippen LogP contribution in [-0.4, -0.2) is 19.2 Å². The number of hydrogen-bond acceptors (Lipinski definition) is 3. The van der Waals surface area contributed by atoms with Gasteiger partial charge in [-0.05, 0) is 78.9 Å². The number of nitrogens with zero attached hydrogens (tertiary/aromatic N) is 1. The first kappa shape index (κ1) is 25.3. The smallest absolute Gasteiger partial charge is 0.416 e. The van der Waals surface area contributed by atoms with E-state index in [-0.39, 0.29) is 28.3 Å². The van der Waals surface area contributed by atoms with Crippen molar-refractivity contribution in [3.63, 3.8) is 0 Å². The number of carbonyl (C=O) groups is 1. The predicted molar refractivity (Wildman–Crippen MR) is 126 cm³/mol. The van der Waals surface area contributed by atoms with Gasteiger partial charge in [-0.15, -0.1) is 0 Å². The third kappa shape index (κ3) is 5.77. The Kier molecular flexibility index (Phi) is 6.99. The molecule has 1 aromatic heterocycles. The average Bonchev–Trinajstić information content (AvgIpc) is 2.72. The summed E-state index contributed by atoms with van der Waals surface area (Å²) in [5, 5.41) is -0.0515. The lowest BCUT2D eigenvalue weighted by Crippen LogP contribution is -2.44. The summed E-state index contributed by atoms with van der Waals surface area (Å²) in [6.07, 6.45) is 0.592. The lowest BCUT2D eigenvalue weighted by molar-refractivity contribution is -0.137. The maximum absolute atomic E-state index is 13.1. The Morgan fingerprint density at radius 2 is 1.61 bits per heavy atom. The van der Waals surface area contributed by atoms with Crippen molar-refractivity contribution in [2.45, 2.75) is 82.6 Å². The Bertz CT molecular complexity index is 1010. The topological polar surface area (TPSA) is 65.2 Å². The number of carbonyl (C=O) groups excluding carboxylic acids is 1. The number of aromatic nitrogens is 1. The van der Waals surface area contributed by atoms with E-state index in [2.05, 4.69) is 38.8 Å². The largest absolute Gasteiger partial charge is 0.530 e. The zero-order chi connectivity index (χ0) is 24.6. The van der Waals surface area contributed by atoms with Crippen molar-refractivity contribution in [1.29, 1.82) is 0 Å². The van der Waals surface area contributed by atoms with Gasteiger partial charge in [0.05, 0.1) is 5.56 Å². The predicted octanol–water partition coefficient (Wildman–Crippen LogP) is 7.02. The zero-order valence-electron chi connectivity index (χ0n) is 19.9. The van der Waals surface area contributed by atoms with Crippen LogP contribution in [0.1, 0.15) is 85.3 Å². The second kappa shape index (κ2) is 9.12. The highest BCUT2D eigenvalue weighted by molar-refractivity contribution is 6.74. The van der Waals surface area contributed by atoms with E-state index in [1.165, 1.54) is 12.1 Å². The summed E-state index contributed by atoms with van der Waals surface area (Å²) in [4.78, 5) is 16.6. The van der Waals surface area contributed by atoms with Gasteiger partial charge in [0.15, 0.2) is 0 Å². The Morgan fingerprint density at radius 3 is 2.12 bits per heavy atom. The summed E-state index contributed by atoms with van der Waals surface area (Å²) in [7, 11) is -2.20. The van der Waals surface area contributed by atoms with Crippen LogP contribution in [0.15, 0.2) is 36.5 Å². The number of amides is 1. The standard InChI is InChI=1S/C25H33F3N2O2Si/c1-24(2,3)33(4,5)32-23-21(22(29)31)14-19(15-30-23)17-11-9-16(10-12-17)18-7-6-8-20(13-18)25(26,27)28/h6-8,13-17H,9-12H2,1-5H3,(H2,29,31). The molecule has 1 amide bonds.